The van der Waals surface area contributed by atoms with Gasteiger partial charge in [0.25, 0.3) is 0 Å². The molecule has 0 saturated heterocycles. The zero-order valence-corrected chi connectivity index (χ0v) is 13.5. The second-order valence-corrected chi connectivity index (χ2v) is 6.37. The van der Waals surface area contributed by atoms with Gasteiger partial charge in [0, 0.05) is 11.3 Å². The minimum atomic E-state index is -6.13. The van der Waals surface area contributed by atoms with Crippen LogP contribution in [-0.4, -0.2) is 12.4 Å². The Morgan fingerprint density at radius 1 is 0.875 bits per heavy atom. The Hall–Kier alpha value is -1.47. The highest BCUT2D eigenvalue weighted by Crippen LogP contribution is 2.53. The number of halogens is 7. The minimum Gasteiger partial charge on any atom is -0.398 e. The van der Waals surface area contributed by atoms with Crippen LogP contribution in [0.15, 0.2) is 18.2 Å². The van der Waals surface area contributed by atoms with Crippen molar-refractivity contribution < 1.29 is 30.7 Å². The molecule has 0 bridgehead atoms. The lowest BCUT2D eigenvalue weighted by molar-refractivity contribution is -0.348. The molecule has 0 aliphatic heterocycles. The zero-order chi connectivity index (χ0) is 18.9. The van der Waals surface area contributed by atoms with Crippen LogP contribution in [0.3, 0.4) is 0 Å². The summed E-state index contributed by atoms with van der Waals surface area (Å²) in [4.78, 5) is 0. The van der Waals surface area contributed by atoms with Gasteiger partial charge < -0.3 is 5.73 Å². The molecule has 0 spiro atoms. The number of hydrogen-bond donors (Lipinski definition) is 1. The molecule has 1 rings (SSSR count). The van der Waals surface area contributed by atoms with Gasteiger partial charge in [-0.05, 0) is 36.0 Å². The molecule has 0 heterocycles. The summed E-state index contributed by atoms with van der Waals surface area (Å²) in [7, 11) is 0. The van der Waals surface area contributed by atoms with Crippen LogP contribution in [0.25, 0.3) is 0 Å². The number of rotatable bonds is 5. The third kappa shape index (κ3) is 3.95. The molecule has 0 aromatic heterocycles. The Morgan fingerprint density at radius 2 is 1.38 bits per heavy atom. The Labute approximate surface area is 136 Å². The highest BCUT2D eigenvalue weighted by Gasteiger charge is 2.73. The van der Waals surface area contributed by atoms with Gasteiger partial charge in [-0.1, -0.05) is 33.3 Å². The number of nitrogens with two attached hydrogens (primary N) is 1. The van der Waals surface area contributed by atoms with E-state index in [9.17, 15) is 30.7 Å². The number of benzene rings is 1. The summed E-state index contributed by atoms with van der Waals surface area (Å²) in [5, 5.41) is 0. The van der Waals surface area contributed by atoms with Gasteiger partial charge in [0.2, 0.25) is 0 Å². The normalized spacial score (nSPS) is 15.0. The predicted molar refractivity (Wildman–Crippen MR) is 78.2 cm³/mol. The van der Waals surface area contributed by atoms with E-state index in [0.29, 0.717) is 30.9 Å². The summed E-state index contributed by atoms with van der Waals surface area (Å²) >= 11 is 0. The van der Waals surface area contributed by atoms with Crippen LogP contribution in [0.2, 0.25) is 0 Å². The van der Waals surface area contributed by atoms with Crippen molar-refractivity contribution in [1.29, 1.82) is 0 Å². The van der Waals surface area contributed by atoms with Gasteiger partial charge in [-0.2, -0.15) is 26.3 Å². The van der Waals surface area contributed by atoms with Crippen LogP contribution in [-0.2, 0) is 5.67 Å². The van der Waals surface area contributed by atoms with Gasteiger partial charge in [-0.15, -0.1) is 0 Å². The Morgan fingerprint density at radius 3 is 1.79 bits per heavy atom. The highest BCUT2D eigenvalue weighted by atomic mass is 19.4. The molecule has 0 amide bonds. The first kappa shape index (κ1) is 20.6. The molecule has 0 fully saturated rings. The Balaban J connectivity index is 3.37. The van der Waals surface area contributed by atoms with E-state index in [0.717, 1.165) is 6.07 Å². The fourth-order valence-electron chi connectivity index (χ4n) is 2.44. The van der Waals surface area contributed by atoms with Gasteiger partial charge in [-0.3, -0.25) is 0 Å². The molecule has 1 aromatic carbocycles. The third-order valence-electron chi connectivity index (χ3n) is 3.97. The van der Waals surface area contributed by atoms with Crippen LogP contribution in [0.1, 0.15) is 50.7 Å². The van der Waals surface area contributed by atoms with E-state index in [4.69, 9.17) is 5.73 Å². The lowest BCUT2D eigenvalue weighted by atomic mass is 9.86. The summed E-state index contributed by atoms with van der Waals surface area (Å²) < 4.78 is 91.2. The molecule has 2 N–H and O–H groups in total. The topological polar surface area (TPSA) is 26.0 Å². The first-order valence-corrected chi connectivity index (χ1v) is 7.44. The molecule has 8 heteroatoms. The largest absolute Gasteiger partial charge is 0.435 e. The summed E-state index contributed by atoms with van der Waals surface area (Å²) in [6.45, 7) is 5.51. The standard InChI is InChI=1S/C16H20F7N/c1-9(2)4-5-10(3)12-8-11(6-7-13(12)24)14(17,15(18,19)20)16(21,22)23/h6-10H,4-5,24H2,1-3H3. The lowest BCUT2D eigenvalue weighted by Gasteiger charge is -2.31. The quantitative estimate of drug-likeness (QED) is 0.499. The maximum Gasteiger partial charge on any atom is 0.435 e. The molecule has 0 aliphatic rings. The maximum absolute atomic E-state index is 14.1. The zero-order valence-electron chi connectivity index (χ0n) is 13.5. The van der Waals surface area contributed by atoms with Gasteiger partial charge in [0.05, 0.1) is 0 Å². The predicted octanol–water partition coefficient (Wildman–Crippen LogP) is 6.10. The SMILES string of the molecule is CC(C)CCC(C)c1cc(C(F)(C(F)(F)F)C(F)(F)F)ccc1N. The molecule has 0 aliphatic carbocycles. The Kier molecular flexibility index (Phi) is 5.83. The van der Waals surface area contributed by atoms with Crippen LogP contribution in [0.5, 0.6) is 0 Å². The molecular weight excluding hydrogens is 339 g/mol. The second kappa shape index (κ2) is 6.80. The van der Waals surface area contributed by atoms with Crippen LogP contribution >= 0.6 is 0 Å². The van der Waals surface area contributed by atoms with Crippen LogP contribution in [0, 0.1) is 5.92 Å². The molecular formula is C16H20F7N. The van der Waals surface area contributed by atoms with Gasteiger partial charge in [0.15, 0.2) is 0 Å². The average Bonchev–Trinajstić information content (AvgIpc) is 2.41. The maximum atomic E-state index is 14.1. The van der Waals surface area contributed by atoms with Gasteiger partial charge in [-0.25, -0.2) is 4.39 Å². The van der Waals surface area contributed by atoms with Crippen molar-refractivity contribution in [3.63, 3.8) is 0 Å². The van der Waals surface area contributed by atoms with E-state index < -0.39 is 29.5 Å². The fraction of sp³-hybridized carbons (Fsp3) is 0.625. The smallest absolute Gasteiger partial charge is 0.398 e. The van der Waals surface area contributed by atoms with E-state index in [1.165, 1.54) is 0 Å². The minimum absolute atomic E-state index is 0.0432. The van der Waals surface area contributed by atoms with Gasteiger partial charge in [0.1, 0.15) is 0 Å². The van der Waals surface area contributed by atoms with E-state index >= 15 is 0 Å². The molecule has 1 unspecified atom stereocenters. The summed E-state index contributed by atoms with van der Waals surface area (Å²) in [6, 6.07) is 1.92. The van der Waals surface area contributed by atoms with Crippen molar-refractivity contribution in [3.8, 4) is 0 Å². The Bertz CT molecular complexity index is 547. The summed E-state index contributed by atoms with van der Waals surface area (Å²) in [5.41, 5.74) is -1.12. The molecule has 1 aromatic rings. The van der Waals surface area contributed by atoms with Crippen molar-refractivity contribution in [3.05, 3.63) is 29.3 Å². The monoisotopic (exact) mass is 359 g/mol. The molecule has 1 nitrogen and oxygen atoms in total. The fourth-order valence-corrected chi connectivity index (χ4v) is 2.44. The number of hydrogen-bond acceptors (Lipinski definition) is 1. The van der Waals surface area contributed by atoms with Crippen molar-refractivity contribution in [1.82, 2.24) is 0 Å². The second-order valence-electron chi connectivity index (χ2n) is 6.37. The van der Waals surface area contributed by atoms with Crippen LogP contribution in [0.4, 0.5) is 36.4 Å². The number of nitrogen functional groups attached to an aromatic ring is 1. The van der Waals surface area contributed by atoms with E-state index in [1.54, 1.807) is 6.92 Å². The summed E-state index contributed by atoms with van der Waals surface area (Å²) in [6.07, 6.45) is -11.0. The summed E-state index contributed by atoms with van der Waals surface area (Å²) in [5.74, 6) is -0.0828. The molecule has 0 radical (unpaired) electrons. The van der Waals surface area contributed by atoms with E-state index in [1.807, 2.05) is 13.8 Å². The van der Waals surface area contributed by atoms with Crippen molar-refractivity contribution >= 4 is 5.69 Å². The number of anilines is 1. The highest BCUT2D eigenvalue weighted by molar-refractivity contribution is 5.52. The number of alkyl halides is 7. The first-order valence-electron chi connectivity index (χ1n) is 7.44. The van der Waals surface area contributed by atoms with Crippen molar-refractivity contribution in [2.75, 3.05) is 5.73 Å². The molecule has 0 saturated carbocycles. The van der Waals surface area contributed by atoms with E-state index in [-0.39, 0.29) is 11.3 Å². The molecule has 138 valence electrons. The first-order chi connectivity index (χ1) is 10.7. The molecule has 24 heavy (non-hydrogen) atoms. The van der Waals surface area contributed by atoms with Crippen LogP contribution < -0.4 is 5.73 Å². The van der Waals surface area contributed by atoms with Gasteiger partial charge >= 0.3 is 18.0 Å². The average molecular weight is 359 g/mol. The molecule has 1 atom stereocenters. The van der Waals surface area contributed by atoms with Crippen molar-refractivity contribution in [2.45, 2.75) is 57.6 Å². The third-order valence-corrected chi connectivity index (χ3v) is 3.97. The van der Waals surface area contributed by atoms with E-state index in [2.05, 4.69) is 0 Å². The lowest BCUT2D eigenvalue weighted by Crippen LogP contribution is -2.50. The van der Waals surface area contributed by atoms with Crippen molar-refractivity contribution in [2.24, 2.45) is 5.92 Å².